The third kappa shape index (κ3) is 8.41. The monoisotopic (exact) mass is 654 g/mol. The Kier molecular flexibility index (Phi) is 12.2. The highest BCUT2D eigenvalue weighted by molar-refractivity contribution is 6.01. The molecule has 0 spiro atoms. The van der Waals surface area contributed by atoms with Crippen molar-refractivity contribution in [3.8, 4) is 5.75 Å². The number of amides is 1. The molecule has 3 aromatic carbocycles. The molecular weight excluding hydrogens is 616 g/mol. The van der Waals surface area contributed by atoms with Gasteiger partial charge in [-0.2, -0.15) is 0 Å². The Bertz CT molecular complexity index is 1670. The van der Waals surface area contributed by atoms with Gasteiger partial charge in [0.25, 0.3) is 5.91 Å². The quantitative estimate of drug-likeness (QED) is 0.0655. The van der Waals surface area contributed by atoms with Gasteiger partial charge in [0.2, 0.25) is 5.90 Å². The summed E-state index contributed by atoms with van der Waals surface area (Å²) in [5.74, 6) is 0.368. The van der Waals surface area contributed by atoms with Crippen molar-refractivity contribution >= 4 is 17.5 Å². The number of aliphatic hydroxyl groups is 1. The molecule has 2 aliphatic rings. The van der Waals surface area contributed by atoms with Gasteiger partial charge in [-0.25, -0.2) is 10.4 Å². The second-order valence-electron chi connectivity index (χ2n) is 11.2. The van der Waals surface area contributed by atoms with Crippen molar-refractivity contribution in [1.29, 1.82) is 0 Å². The van der Waals surface area contributed by atoms with Crippen LogP contribution in [0.25, 0.3) is 20.9 Å². The molecule has 0 aliphatic carbocycles. The van der Waals surface area contributed by atoms with Crippen LogP contribution < -0.4 is 15.6 Å². The van der Waals surface area contributed by atoms with Crippen LogP contribution in [0.1, 0.15) is 34.8 Å². The number of nitrogens with zero attached hydrogens (tertiary/aromatic N) is 8. The van der Waals surface area contributed by atoms with Gasteiger partial charge in [-0.1, -0.05) is 58.8 Å². The molecule has 0 bridgehead atoms. The maximum atomic E-state index is 14.6. The fraction of sp³-hybridized carbons (Fsp3) is 0.394. The summed E-state index contributed by atoms with van der Waals surface area (Å²) in [6.45, 7) is 4.61. The molecule has 15 heteroatoms. The third-order valence-electron chi connectivity index (χ3n) is 8.14. The van der Waals surface area contributed by atoms with Gasteiger partial charge in [-0.15, -0.1) is 0 Å². The summed E-state index contributed by atoms with van der Waals surface area (Å²) in [6, 6.07) is 21.4. The normalized spacial score (nSPS) is 18.9. The van der Waals surface area contributed by atoms with Gasteiger partial charge in [-0.05, 0) is 46.5 Å². The van der Waals surface area contributed by atoms with Crippen molar-refractivity contribution in [3.63, 3.8) is 0 Å². The smallest absolute Gasteiger partial charge is 0.266 e. The number of azide groups is 2. The molecule has 2 heterocycles. The number of carbonyl (C=O) groups is 1. The molecule has 0 aromatic heterocycles. The minimum absolute atomic E-state index is 0.0274. The number of hydrogen-bond donors (Lipinski definition) is 3. The van der Waals surface area contributed by atoms with E-state index in [-0.39, 0.29) is 25.5 Å². The first-order valence-electron chi connectivity index (χ1n) is 15.7. The number of carbonyl (C=O) groups excluding carboxylic acids is 1. The summed E-state index contributed by atoms with van der Waals surface area (Å²) < 4.78 is 17.7. The van der Waals surface area contributed by atoms with Gasteiger partial charge < -0.3 is 19.3 Å². The molecule has 3 N–H and O–H groups in total. The van der Waals surface area contributed by atoms with Crippen LogP contribution in [0, 0.1) is 0 Å². The number of nitrogens with one attached hydrogen (secondary N) is 2. The average Bonchev–Trinajstić information content (AvgIpc) is 3.51. The van der Waals surface area contributed by atoms with Crippen LogP contribution in [-0.2, 0) is 27.2 Å². The van der Waals surface area contributed by atoms with Crippen LogP contribution in [0.4, 0.5) is 5.69 Å². The fourth-order valence-electron chi connectivity index (χ4n) is 5.68. The molecule has 15 nitrogen and oxygen atoms in total. The number of benzene rings is 3. The molecule has 2 atom stereocenters. The first-order valence-corrected chi connectivity index (χ1v) is 15.7. The number of aliphatic imine (C=N–C) groups is 1. The van der Waals surface area contributed by atoms with Crippen molar-refractivity contribution in [3.05, 3.63) is 116 Å². The maximum Gasteiger partial charge on any atom is 0.266 e. The highest BCUT2D eigenvalue weighted by Gasteiger charge is 2.54. The van der Waals surface area contributed by atoms with E-state index in [1.54, 1.807) is 48.5 Å². The Balaban J connectivity index is 1.55. The van der Waals surface area contributed by atoms with Crippen LogP contribution in [-0.4, -0.2) is 80.0 Å². The lowest BCUT2D eigenvalue weighted by Gasteiger charge is -2.32. The molecule has 3 aromatic rings. The first kappa shape index (κ1) is 34.2. The van der Waals surface area contributed by atoms with Gasteiger partial charge in [-0.3, -0.25) is 15.1 Å². The van der Waals surface area contributed by atoms with Crippen LogP contribution in [0.15, 0.2) is 88.0 Å². The molecule has 2 aliphatic heterocycles. The zero-order valence-corrected chi connectivity index (χ0v) is 26.4. The second kappa shape index (κ2) is 17.1. The lowest BCUT2D eigenvalue weighted by Crippen LogP contribution is -2.55. The molecule has 48 heavy (non-hydrogen) atoms. The van der Waals surface area contributed by atoms with Gasteiger partial charge in [0.15, 0.2) is 11.6 Å². The van der Waals surface area contributed by atoms with Crippen molar-refractivity contribution in [2.24, 2.45) is 15.2 Å². The van der Waals surface area contributed by atoms with E-state index in [2.05, 4.69) is 35.8 Å². The Labute approximate surface area is 277 Å². The molecule has 0 radical (unpaired) electrons. The number of hydrazine groups is 1. The highest BCUT2D eigenvalue weighted by atomic mass is 16.5. The SMILES string of the molecule is [N-]=[N+]=NCc1ccccc1C[C@]1(C(=O)NNCCN2CCOCC2)N=C(c2ccc(OCCCO)cc2)O[C@H]1c1ccccc1N=[N+]=[N-]. The predicted octanol–water partition coefficient (Wildman–Crippen LogP) is 4.65. The van der Waals surface area contributed by atoms with Gasteiger partial charge in [0.1, 0.15) is 5.75 Å². The topological polar surface area (TPSA) is 202 Å². The van der Waals surface area contributed by atoms with E-state index in [1.165, 1.54) is 0 Å². The van der Waals surface area contributed by atoms with Gasteiger partial charge in [0.05, 0.1) is 26.4 Å². The number of morpholine rings is 1. The first-order chi connectivity index (χ1) is 23.6. The molecule has 1 fully saturated rings. The van der Waals surface area contributed by atoms with E-state index in [4.69, 9.17) is 29.8 Å². The van der Waals surface area contributed by atoms with E-state index in [0.29, 0.717) is 61.9 Å². The zero-order valence-electron chi connectivity index (χ0n) is 26.4. The highest BCUT2D eigenvalue weighted by Crippen LogP contribution is 2.45. The minimum atomic E-state index is -1.59. The Morgan fingerprint density at radius 2 is 1.79 bits per heavy atom. The average molecular weight is 655 g/mol. The van der Waals surface area contributed by atoms with Crippen LogP contribution in [0.5, 0.6) is 5.75 Å². The third-order valence-corrected chi connectivity index (χ3v) is 8.14. The molecular formula is C33H38N10O5. The van der Waals surface area contributed by atoms with Crippen molar-refractivity contribution in [2.45, 2.75) is 31.0 Å². The lowest BCUT2D eigenvalue weighted by atomic mass is 9.80. The lowest BCUT2D eigenvalue weighted by molar-refractivity contribution is -0.130. The van der Waals surface area contributed by atoms with E-state index in [1.807, 2.05) is 24.3 Å². The summed E-state index contributed by atoms with van der Waals surface area (Å²) >= 11 is 0. The van der Waals surface area contributed by atoms with Gasteiger partial charge in [0, 0.05) is 72.3 Å². The standard InChI is InChI=1S/C33H38N10O5/c34-41-37-23-26-7-2-1-6-25(26)22-33(32(45)40-36-14-15-43-16-20-46-21-17-43)30(28-8-3-4-9-29(28)39-42-35)48-31(38-33)24-10-12-27(13-11-24)47-19-5-18-44/h1-4,6-13,30,36,44H,5,14-23H2,(H,40,45)/t30-,33-/m0/s1. The van der Waals surface area contributed by atoms with Crippen molar-refractivity contribution in [1.82, 2.24) is 15.8 Å². The summed E-state index contributed by atoms with van der Waals surface area (Å²) in [6.07, 6.45) is -0.436. The maximum absolute atomic E-state index is 14.6. The van der Waals surface area contributed by atoms with E-state index in [9.17, 15) is 10.3 Å². The number of aliphatic hydroxyl groups excluding tert-OH is 1. The summed E-state index contributed by atoms with van der Waals surface area (Å²) in [7, 11) is 0. The van der Waals surface area contributed by atoms with E-state index < -0.39 is 17.6 Å². The zero-order chi connectivity index (χ0) is 33.6. The van der Waals surface area contributed by atoms with Gasteiger partial charge >= 0.3 is 0 Å². The Morgan fingerprint density at radius 3 is 2.54 bits per heavy atom. The molecule has 250 valence electrons. The summed E-state index contributed by atoms with van der Waals surface area (Å²) in [5, 5.41) is 16.8. The molecule has 5 rings (SSSR count). The van der Waals surface area contributed by atoms with Crippen LogP contribution in [0.3, 0.4) is 0 Å². The molecule has 1 saturated heterocycles. The largest absolute Gasteiger partial charge is 0.494 e. The minimum Gasteiger partial charge on any atom is -0.494 e. The molecule has 0 saturated carbocycles. The number of ether oxygens (including phenoxy) is 3. The number of hydrogen-bond acceptors (Lipinski definition) is 10. The summed E-state index contributed by atoms with van der Waals surface area (Å²) in [4.78, 5) is 27.8. The second-order valence-corrected chi connectivity index (χ2v) is 11.2. The van der Waals surface area contributed by atoms with Crippen molar-refractivity contribution in [2.75, 3.05) is 52.6 Å². The van der Waals surface area contributed by atoms with Crippen molar-refractivity contribution < 1.29 is 24.1 Å². The fourth-order valence-corrected chi connectivity index (χ4v) is 5.68. The Morgan fingerprint density at radius 1 is 1.04 bits per heavy atom. The predicted molar refractivity (Wildman–Crippen MR) is 178 cm³/mol. The van der Waals surface area contributed by atoms with Crippen LogP contribution in [0.2, 0.25) is 0 Å². The molecule has 1 amide bonds. The number of rotatable bonds is 16. The molecule has 0 unspecified atom stereocenters. The van der Waals surface area contributed by atoms with Crippen LogP contribution >= 0.6 is 0 Å². The van der Waals surface area contributed by atoms with E-state index in [0.717, 1.165) is 24.2 Å². The Hall–Kier alpha value is -5.14. The van der Waals surface area contributed by atoms with E-state index >= 15 is 0 Å². The summed E-state index contributed by atoms with van der Waals surface area (Å²) in [5.41, 5.74) is 25.7.